The number of fused-ring (bicyclic) bond motifs is 1. The number of nitrogens with zero attached hydrogens (tertiary/aromatic N) is 4. The summed E-state index contributed by atoms with van der Waals surface area (Å²) in [6.07, 6.45) is 3.13. The fraction of sp³-hybridized carbons (Fsp3) is 0.286. The number of carbonyl (C=O) groups excluding carboxylic acids is 1. The topological polar surface area (TPSA) is 70.6 Å². The Bertz CT molecular complexity index is 1060. The maximum atomic E-state index is 12.6. The van der Waals surface area contributed by atoms with Gasteiger partial charge in [-0.25, -0.2) is 14.8 Å². The number of carbonyl (C=O) groups is 1. The summed E-state index contributed by atoms with van der Waals surface area (Å²) >= 11 is 10.5. The number of urea groups is 1. The van der Waals surface area contributed by atoms with Gasteiger partial charge in [0.05, 0.1) is 12.6 Å². The number of amides is 2. The molecule has 9 heteroatoms. The number of thiol groups is 1. The second kappa shape index (κ2) is 8.97. The van der Waals surface area contributed by atoms with Gasteiger partial charge in [0.1, 0.15) is 17.9 Å². The molecular weight excluding hydrogens is 422 g/mol. The molecular formula is C21H22ClN5O2S. The van der Waals surface area contributed by atoms with E-state index in [1.54, 1.807) is 19.5 Å². The molecule has 0 atom stereocenters. The number of hydrogen-bond acceptors (Lipinski definition) is 6. The highest BCUT2D eigenvalue weighted by molar-refractivity contribution is 7.78. The first kappa shape index (κ1) is 20.6. The van der Waals surface area contributed by atoms with Gasteiger partial charge in [0.2, 0.25) is 0 Å². The molecule has 156 valence electrons. The summed E-state index contributed by atoms with van der Waals surface area (Å²) in [6, 6.07) is 12.7. The minimum Gasteiger partial charge on any atom is -0.497 e. The zero-order valence-electron chi connectivity index (χ0n) is 16.5. The number of anilines is 2. The number of nitrogens with one attached hydrogen (secondary N) is 1. The smallest absolute Gasteiger partial charge is 0.331 e. The molecule has 3 aromatic rings. The number of piperidine rings is 1. The highest BCUT2D eigenvalue weighted by Gasteiger charge is 2.27. The van der Waals surface area contributed by atoms with E-state index in [9.17, 15) is 4.79 Å². The maximum Gasteiger partial charge on any atom is 0.331 e. The van der Waals surface area contributed by atoms with Crippen molar-refractivity contribution in [1.82, 2.24) is 14.3 Å². The third-order valence-corrected chi connectivity index (χ3v) is 5.96. The molecule has 1 fully saturated rings. The number of halogens is 1. The van der Waals surface area contributed by atoms with Gasteiger partial charge in [-0.3, -0.25) is 4.31 Å². The summed E-state index contributed by atoms with van der Waals surface area (Å²) in [6.45, 7) is 1.53. The van der Waals surface area contributed by atoms with E-state index in [0.29, 0.717) is 16.5 Å². The zero-order valence-corrected chi connectivity index (χ0v) is 18.1. The molecule has 2 heterocycles. The molecule has 2 amide bonds. The summed E-state index contributed by atoms with van der Waals surface area (Å²) in [5, 5.41) is 4.49. The van der Waals surface area contributed by atoms with Crippen molar-refractivity contribution in [2.24, 2.45) is 0 Å². The van der Waals surface area contributed by atoms with Gasteiger partial charge in [0.15, 0.2) is 0 Å². The van der Waals surface area contributed by atoms with E-state index in [4.69, 9.17) is 16.3 Å². The molecule has 30 heavy (non-hydrogen) atoms. The molecule has 0 unspecified atom stereocenters. The van der Waals surface area contributed by atoms with E-state index in [-0.39, 0.29) is 12.1 Å². The number of methoxy groups -OCH3 is 1. The number of benzene rings is 2. The molecule has 0 spiro atoms. The van der Waals surface area contributed by atoms with Crippen molar-refractivity contribution in [3.8, 4) is 5.75 Å². The van der Waals surface area contributed by atoms with Crippen LogP contribution in [0.25, 0.3) is 10.9 Å². The largest absolute Gasteiger partial charge is 0.497 e. The molecule has 4 rings (SSSR count). The SMILES string of the molecule is COc1cccc(NC(=O)N(S)C2CCN(c3ncnc4cc(Cl)ccc34)CC2)c1. The lowest BCUT2D eigenvalue weighted by atomic mass is 10.0. The number of ether oxygens (including phenoxy) is 1. The molecule has 1 N–H and O–H groups in total. The summed E-state index contributed by atoms with van der Waals surface area (Å²) in [7, 11) is 1.59. The standard InChI is InChI=1S/C21H22ClN5O2S/c1-29-17-4-2-3-15(12-17)25-21(28)27(30)16-7-9-26(10-8-16)20-18-6-5-14(22)11-19(18)23-13-24-20/h2-6,11-13,16,30H,7-10H2,1H3,(H,25,28). The highest BCUT2D eigenvalue weighted by atomic mass is 35.5. The summed E-state index contributed by atoms with van der Waals surface area (Å²) in [5.41, 5.74) is 1.49. The van der Waals surface area contributed by atoms with Crippen LogP contribution >= 0.6 is 24.4 Å². The Morgan fingerprint density at radius 3 is 2.80 bits per heavy atom. The lowest BCUT2D eigenvalue weighted by Gasteiger charge is -2.36. The van der Waals surface area contributed by atoms with Crippen LogP contribution in [0.15, 0.2) is 48.8 Å². The summed E-state index contributed by atoms with van der Waals surface area (Å²) in [4.78, 5) is 23.6. The second-order valence-corrected chi connectivity index (χ2v) is 7.95. The summed E-state index contributed by atoms with van der Waals surface area (Å²) in [5.74, 6) is 1.58. The molecule has 2 aromatic carbocycles. The van der Waals surface area contributed by atoms with E-state index >= 15 is 0 Å². The molecule has 0 bridgehead atoms. The van der Waals surface area contributed by atoms with Gasteiger partial charge in [-0.15, -0.1) is 0 Å². The first-order valence-electron chi connectivity index (χ1n) is 9.63. The van der Waals surface area contributed by atoms with Crippen LogP contribution in [0.3, 0.4) is 0 Å². The van der Waals surface area contributed by atoms with Gasteiger partial charge in [-0.05, 0) is 43.2 Å². The van der Waals surface area contributed by atoms with Gasteiger partial charge in [0.25, 0.3) is 0 Å². The maximum absolute atomic E-state index is 12.6. The van der Waals surface area contributed by atoms with E-state index < -0.39 is 0 Å². The predicted octanol–water partition coefficient (Wildman–Crippen LogP) is 4.64. The summed E-state index contributed by atoms with van der Waals surface area (Å²) < 4.78 is 6.68. The van der Waals surface area contributed by atoms with Crippen LogP contribution in [0, 0.1) is 0 Å². The predicted molar refractivity (Wildman–Crippen MR) is 123 cm³/mol. The van der Waals surface area contributed by atoms with Crippen molar-refractivity contribution in [1.29, 1.82) is 0 Å². The number of rotatable bonds is 4. The number of hydrogen-bond donors (Lipinski definition) is 2. The van der Waals surface area contributed by atoms with Crippen LogP contribution in [0.5, 0.6) is 5.75 Å². The molecule has 7 nitrogen and oxygen atoms in total. The fourth-order valence-electron chi connectivity index (χ4n) is 3.64. The van der Waals surface area contributed by atoms with Gasteiger partial charge < -0.3 is 15.0 Å². The van der Waals surface area contributed by atoms with Crippen LogP contribution in [0.2, 0.25) is 5.02 Å². The van der Waals surface area contributed by atoms with Gasteiger partial charge >= 0.3 is 6.03 Å². The Labute approximate surface area is 185 Å². The third-order valence-electron chi connectivity index (χ3n) is 5.22. The molecule has 1 aromatic heterocycles. The lowest BCUT2D eigenvalue weighted by Crippen LogP contribution is -2.45. The van der Waals surface area contributed by atoms with Crippen LogP contribution in [-0.4, -0.2) is 46.5 Å². The van der Waals surface area contributed by atoms with E-state index in [1.807, 2.05) is 36.4 Å². The lowest BCUT2D eigenvalue weighted by molar-refractivity contribution is 0.223. The zero-order chi connectivity index (χ0) is 21.1. The average Bonchev–Trinajstić information content (AvgIpc) is 2.78. The Morgan fingerprint density at radius 2 is 2.03 bits per heavy atom. The van der Waals surface area contributed by atoms with Crippen molar-refractivity contribution in [2.45, 2.75) is 18.9 Å². The van der Waals surface area contributed by atoms with Gasteiger partial charge in [-0.2, -0.15) is 0 Å². The van der Waals surface area contributed by atoms with Crippen LogP contribution < -0.4 is 15.0 Å². The van der Waals surface area contributed by atoms with Gasteiger partial charge in [0, 0.05) is 41.3 Å². The minimum absolute atomic E-state index is 0.0257. The minimum atomic E-state index is -0.257. The first-order valence-corrected chi connectivity index (χ1v) is 10.4. The highest BCUT2D eigenvalue weighted by Crippen LogP contribution is 2.29. The first-order chi connectivity index (χ1) is 14.5. The Balaban J connectivity index is 1.40. The van der Waals surface area contributed by atoms with Crippen LogP contribution in [0.1, 0.15) is 12.8 Å². The average molecular weight is 444 g/mol. The van der Waals surface area contributed by atoms with Crippen LogP contribution in [-0.2, 0) is 0 Å². The second-order valence-electron chi connectivity index (χ2n) is 7.08. The van der Waals surface area contributed by atoms with E-state index in [2.05, 4.69) is 33.0 Å². The van der Waals surface area contributed by atoms with Crippen molar-refractivity contribution >= 4 is 52.9 Å². The van der Waals surface area contributed by atoms with Crippen molar-refractivity contribution in [3.05, 3.63) is 53.8 Å². The van der Waals surface area contributed by atoms with Crippen molar-refractivity contribution < 1.29 is 9.53 Å². The van der Waals surface area contributed by atoms with E-state index in [1.165, 1.54) is 4.31 Å². The fourth-order valence-corrected chi connectivity index (χ4v) is 4.08. The Hall–Kier alpha value is -2.71. The Morgan fingerprint density at radius 1 is 1.23 bits per heavy atom. The van der Waals surface area contributed by atoms with Crippen molar-refractivity contribution in [2.75, 3.05) is 30.4 Å². The van der Waals surface area contributed by atoms with Crippen molar-refractivity contribution in [3.63, 3.8) is 0 Å². The van der Waals surface area contributed by atoms with E-state index in [0.717, 1.165) is 42.7 Å². The molecule has 0 saturated carbocycles. The molecule has 1 saturated heterocycles. The molecule has 0 radical (unpaired) electrons. The molecule has 0 aliphatic carbocycles. The quantitative estimate of drug-likeness (QED) is 0.575. The molecule has 1 aliphatic rings. The molecule has 1 aliphatic heterocycles. The number of aromatic nitrogens is 2. The Kier molecular flexibility index (Phi) is 6.15. The third kappa shape index (κ3) is 4.39. The van der Waals surface area contributed by atoms with Crippen LogP contribution in [0.4, 0.5) is 16.3 Å². The monoisotopic (exact) mass is 443 g/mol. The van der Waals surface area contributed by atoms with Gasteiger partial charge in [-0.1, -0.05) is 30.5 Å². The normalized spacial score (nSPS) is 14.6.